The Balaban J connectivity index is 2.09. The molecule has 6 heteroatoms. The third-order valence-electron chi connectivity index (χ3n) is 5.64. The van der Waals surface area contributed by atoms with E-state index in [1.54, 1.807) is 11.0 Å². The molecule has 2 aromatic carbocycles. The first-order valence-corrected chi connectivity index (χ1v) is 11.0. The van der Waals surface area contributed by atoms with Crippen LogP contribution in [0.2, 0.25) is 0 Å². The summed E-state index contributed by atoms with van der Waals surface area (Å²) in [6.45, 7) is 8.88. The molecular formula is C24H27BrN2O3. The van der Waals surface area contributed by atoms with Gasteiger partial charge in [-0.2, -0.15) is 0 Å². The minimum Gasteiger partial charge on any atom is -0.507 e. The number of Topliss-reactive ketones (excluding diaryl/α,β-unsaturated/α-hetero) is 1. The molecule has 1 saturated heterocycles. The summed E-state index contributed by atoms with van der Waals surface area (Å²) in [6.07, 6.45) is 0. The maximum Gasteiger partial charge on any atom is 0.295 e. The van der Waals surface area contributed by atoms with Crippen LogP contribution in [0.25, 0.3) is 5.76 Å². The van der Waals surface area contributed by atoms with Crippen molar-refractivity contribution in [2.24, 2.45) is 0 Å². The van der Waals surface area contributed by atoms with Gasteiger partial charge in [0.05, 0.1) is 11.6 Å². The molecule has 0 aromatic heterocycles. The van der Waals surface area contributed by atoms with Gasteiger partial charge < -0.3 is 14.9 Å². The van der Waals surface area contributed by atoms with Crippen LogP contribution in [0.4, 0.5) is 0 Å². The topological polar surface area (TPSA) is 60.9 Å². The number of ketones is 1. The molecule has 2 aromatic rings. The molecule has 1 aliphatic rings. The van der Waals surface area contributed by atoms with Gasteiger partial charge in [-0.3, -0.25) is 9.59 Å². The first-order valence-electron chi connectivity index (χ1n) is 10.2. The molecule has 1 aliphatic heterocycles. The van der Waals surface area contributed by atoms with Gasteiger partial charge in [-0.15, -0.1) is 0 Å². The quantitative estimate of drug-likeness (QED) is 0.367. The van der Waals surface area contributed by atoms with Crippen molar-refractivity contribution in [3.8, 4) is 0 Å². The van der Waals surface area contributed by atoms with Crippen molar-refractivity contribution >= 4 is 33.4 Å². The third kappa shape index (κ3) is 4.35. The average molecular weight is 471 g/mol. The Morgan fingerprint density at radius 3 is 2.37 bits per heavy atom. The van der Waals surface area contributed by atoms with Gasteiger partial charge in [0.2, 0.25) is 0 Å². The summed E-state index contributed by atoms with van der Waals surface area (Å²) >= 11 is 3.46. The molecule has 5 nitrogen and oxygen atoms in total. The molecule has 0 bridgehead atoms. The van der Waals surface area contributed by atoms with E-state index in [0.29, 0.717) is 18.7 Å². The van der Waals surface area contributed by atoms with Crippen LogP contribution in [0.3, 0.4) is 0 Å². The molecule has 0 saturated carbocycles. The minimum absolute atomic E-state index is 0.136. The number of hydrogen-bond donors (Lipinski definition) is 1. The minimum atomic E-state index is -0.638. The Morgan fingerprint density at radius 1 is 1.10 bits per heavy atom. The second-order valence-corrected chi connectivity index (χ2v) is 8.25. The molecule has 158 valence electrons. The van der Waals surface area contributed by atoms with Crippen LogP contribution in [0.5, 0.6) is 0 Å². The van der Waals surface area contributed by atoms with E-state index in [-0.39, 0.29) is 11.3 Å². The Morgan fingerprint density at radius 2 is 1.77 bits per heavy atom. The van der Waals surface area contributed by atoms with E-state index < -0.39 is 17.7 Å². The van der Waals surface area contributed by atoms with Gasteiger partial charge in [-0.1, -0.05) is 66.2 Å². The number of aliphatic hydroxyl groups excluding tert-OH is 1. The molecule has 0 spiro atoms. The van der Waals surface area contributed by atoms with Gasteiger partial charge in [-0.05, 0) is 43.3 Å². The van der Waals surface area contributed by atoms with Crippen molar-refractivity contribution < 1.29 is 14.7 Å². The van der Waals surface area contributed by atoms with Crippen LogP contribution in [-0.2, 0) is 9.59 Å². The summed E-state index contributed by atoms with van der Waals surface area (Å²) in [7, 11) is 0. The SMILES string of the molecule is CCN(CC)CCN1C(=O)C(=O)/C(=C(\O)c2ccc(Br)c(C)c2)C1c1ccccc1. The third-order valence-corrected chi connectivity index (χ3v) is 6.53. The molecule has 1 heterocycles. The molecule has 1 fully saturated rings. The fourth-order valence-corrected chi connectivity index (χ4v) is 4.08. The Hall–Kier alpha value is -2.44. The summed E-state index contributed by atoms with van der Waals surface area (Å²) in [4.78, 5) is 29.8. The molecule has 30 heavy (non-hydrogen) atoms. The van der Waals surface area contributed by atoms with E-state index in [0.717, 1.165) is 28.7 Å². The number of nitrogens with zero attached hydrogens (tertiary/aromatic N) is 2. The monoisotopic (exact) mass is 470 g/mol. The lowest BCUT2D eigenvalue weighted by molar-refractivity contribution is -0.140. The van der Waals surface area contributed by atoms with Crippen LogP contribution in [0, 0.1) is 6.92 Å². The van der Waals surface area contributed by atoms with Gasteiger partial charge in [0, 0.05) is 23.1 Å². The standard InChI is InChI=1S/C24H27BrN2O3/c1-4-26(5-2)13-14-27-21(17-9-7-6-8-10-17)20(23(29)24(27)30)22(28)18-11-12-19(25)16(3)15-18/h6-12,15,21,28H,4-5,13-14H2,1-3H3/b22-20-. The molecule has 0 radical (unpaired) electrons. The van der Waals surface area contributed by atoms with Crippen molar-refractivity contribution in [2.45, 2.75) is 26.8 Å². The number of likely N-dealkylation sites (N-methyl/N-ethyl adjacent to an activating group) is 1. The van der Waals surface area contributed by atoms with E-state index in [9.17, 15) is 14.7 Å². The predicted octanol–water partition coefficient (Wildman–Crippen LogP) is 4.52. The van der Waals surface area contributed by atoms with Crippen LogP contribution in [0.1, 0.15) is 36.6 Å². The number of rotatable bonds is 7. The summed E-state index contributed by atoms with van der Waals surface area (Å²) in [5.74, 6) is -1.34. The fourth-order valence-electron chi connectivity index (χ4n) is 3.83. The second kappa shape index (κ2) is 9.58. The second-order valence-electron chi connectivity index (χ2n) is 7.39. The number of halogens is 1. The number of hydrogen-bond acceptors (Lipinski definition) is 4. The van der Waals surface area contributed by atoms with Gasteiger partial charge in [0.15, 0.2) is 0 Å². The Labute approximate surface area is 186 Å². The average Bonchev–Trinajstić information content (AvgIpc) is 3.01. The van der Waals surface area contributed by atoms with Crippen LogP contribution >= 0.6 is 15.9 Å². The number of aliphatic hydroxyl groups is 1. The highest BCUT2D eigenvalue weighted by Crippen LogP contribution is 2.39. The number of amides is 1. The molecule has 1 N–H and O–H groups in total. The van der Waals surface area contributed by atoms with E-state index in [1.165, 1.54) is 0 Å². The van der Waals surface area contributed by atoms with Gasteiger partial charge in [0.1, 0.15) is 5.76 Å². The zero-order valence-corrected chi connectivity index (χ0v) is 19.1. The normalized spacial score (nSPS) is 18.4. The van der Waals surface area contributed by atoms with Crippen molar-refractivity contribution in [1.29, 1.82) is 0 Å². The van der Waals surface area contributed by atoms with Crippen LogP contribution in [-0.4, -0.2) is 52.8 Å². The van der Waals surface area contributed by atoms with E-state index >= 15 is 0 Å². The smallest absolute Gasteiger partial charge is 0.295 e. The van der Waals surface area contributed by atoms with Gasteiger partial charge in [0.25, 0.3) is 11.7 Å². The van der Waals surface area contributed by atoms with Crippen molar-refractivity contribution in [1.82, 2.24) is 9.80 Å². The van der Waals surface area contributed by atoms with E-state index in [2.05, 4.69) is 34.7 Å². The van der Waals surface area contributed by atoms with E-state index in [4.69, 9.17) is 0 Å². The Kier molecular flexibility index (Phi) is 7.10. The first-order chi connectivity index (χ1) is 14.4. The number of carbonyl (C=O) groups excluding carboxylic acids is 2. The fraction of sp³-hybridized carbons (Fsp3) is 0.333. The lowest BCUT2D eigenvalue weighted by Crippen LogP contribution is -2.38. The largest absolute Gasteiger partial charge is 0.507 e. The molecule has 1 atom stereocenters. The van der Waals surface area contributed by atoms with Crippen molar-refractivity contribution in [3.63, 3.8) is 0 Å². The lowest BCUT2D eigenvalue weighted by Gasteiger charge is -2.28. The van der Waals surface area contributed by atoms with Crippen LogP contribution < -0.4 is 0 Å². The molecule has 3 rings (SSSR count). The van der Waals surface area contributed by atoms with Crippen LogP contribution in [0.15, 0.2) is 58.6 Å². The molecule has 0 aliphatic carbocycles. The van der Waals surface area contributed by atoms with Gasteiger partial charge >= 0.3 is 0 Å². The summed E-state index contributed by atoms with van der Waals surface area (Å²) in [5, 5.41) is 11.1. The number of benzene rings is 2. The lowest BCUT2D eigenvalue weighted by atomic mass is 9.95. The molecular weight excluding hydrogens is 444 g/mol. The van der Waals surface area contributed by atoms with E-state index in [1.807, 2.05) is 49.4 Å². The number of aryl methyl sites for hydroxylation is 1. The highest BCUT2D eigenvalue weighted by Gasteiger charge is 2.45. The zero-order chi connectivity index (χ0) is 21.8. The number of likely N-dealkylation sites (tertiary alicyclic amines) is 1. The molecule has 1 amide bonds. The predicted molar refractivity (Wildman–Crippen MR) is 122 cm³/mol. The number of carbonyl (C=O) groups is 2. The van der Waals surface area contributed by atoms with Crippen molar-refractivity contribution in [3.05, 3.63) is 75.3 Å². The Bertz CT molecular complexity index is 968. The zero-order valence-electron chi connectivity index (χ0n) is 17.6. The molecule has 1 unspecified atom stereocenters. The summed E-state index contributed by atoms with van der Waals surface area (Å²) in [5.41, 5.74) is 2.42. The highest BCUT2D eigenvalue weighted by atomic mass is 79.9. The maximum absolute atomic E-state index is 13.0. The maximum atomic E-state index is 13.0. The van der Waals surface area contributed by atoms with Gasteiger partial charge in [-0.25, -0.2) is 0 Å². The van der Waals surface area contributed by atoms with Crippen molar-refractivity contribution in [2.75, 3.05) is 26.2 Å². The highest BCUT2D eigenvalue weighted by molar-refractivity contribution is 9.10. The summed E-state index contributed by atoms with van der Waals surface area (Å²) in [6, 6.07) is 14.2. The first kappa shape index (κ1) is 22.2. The summed E-state index contributed by atoms with van der Waals surface area (Å²) < 4.78 is 0.915.